The first-order valence-corrected chi connectivity index (χ1v) is 8.75. The van der Waals surface area contributed by atoms with Crippen molar-refractivity contribution >= 4 is 17.6 Å². The molecule has 0 unspecified atom stereocenters. The van der Waals surface area contributed by atoms with E-state index in [0.717, 1.165) is 5.56 Å². The van der Waals surface area contributed by atoms with Crippen LogP contribution in [0.1, 0.15) is 0 Å². The Balaban J connectivity index is 0.000000451. The van der Waals surface area contributed by atoms with Crippen LogP contribution in [0, 0.1) is 11.6 Å². The highest BCUT2D eigenvalue weighted by atomic mass is 19.4. The number of carboxylic acid groups (broad SMARTS) is 1. The molecule has 2 aromatic carbocycles. The van der Waals surface area contributed by atoms with Crippen LogP contribution < -0.4 is 10.1 Å². The molecular formula is C21H15F5N2O4. The zero-order chi connectivity index (χ0) is 23.7. The van der Waals surface area contributed by atoms with Gasteiger partial charge < -0.3 is 15.2 Å². The molecule has 0 aliphatic rings. The number of nitrogens with zero attached hydrogens (tertiary/aromatic N) is 1. The first kappa shape index (κ1) is 24.3. The second kappa shape index (κ2) is 10.8. The molecule has 168 valence electrons. The van der Waals surface area contributed by atoms with Crippen molar-refractivity contribution in [3.63, 3.8) is 0 Å². The summed E-state index contributed by atoms with van der Waals surface area (Å²) >= 11 is 0. The first-order valence-electron chi connectivity index (χ1n) is 8.75. The van der Waals surface area contributed by atoms with Crippen molar-refractivity contribution in [1.82, 2.24) is 4.98 Å². The molecule has 0 radical (unpaired) electrons. The number of carbonyl (C=O) groups excluding carboxylic acids is 1. The van der Waals surface area contributed by atoms with E-state index in [1.54, 1.807) is 30.3 Å². The van der Waals surface area contributed by atoms with E-state index >= 15 is 0 Å². The van der Waals surface area contributed by atoms with E-state index in [2.05, 4.69) is 10.3 Å². The van der Waals surface area contributed by atoms with Crippen LogP contribution >= 0.6 is 0 Å². The number of nitrogens with one attached hydrogen (secondary N) is 1. The van der Waals surface area contributed by atoms with Crippen molar-refractivity contribution in [3.8, 4) is 17.0 Å². The fourth-order valence-electron chi connectivity index (χ4n) is 2.15. The topological polar surface area (TPSA) is 88.5 Å². The number of hydrogen-bond donors (Lipinski definition) is 2. The molecule has 1 heterocycles. The zero-order valence-corrected chi connectivity index (χ0v) is 16.1. The number of benzene rings is 2. The third-order valence-electron chi connectivity index (χ3n) is 3.64. The van der Waals surface area contributed by atoms with Gasteiger partial charge in [0.25, 0.3) is 5.91 Å². The number of halogens is 5. The number of amides is 1. The molecule has 6 nitrogen and oxygen atoms in total. The molecule has 3 rings (SSSR count). The van der Waals surface area contributed by atoms with Gasteiger partial charge in [-0.2, -0.15) is 13.2 Å². The molecule has 0 aliphatic heterocycles. The number of carboxylic acids is 1. The van der Waals surface area contributed by atoms with Crippen molar-refractivity contribution < 1.29 is 41.4 Å². The minimum atomic E-state index is -5.08. The molecular weight excluding hydrogens is 439 g/mol. The van der Waals surface area contributed by atoms with Gasteiger partial charge in [0.15, 0.2) is 6.61 Å². The van der Waals surface area contributed by atoms with Gasteiger partial charge >= 0.3 is 12.1 Å². The first-order chi connectivity index (χ1) is 15.1. The Morgan fingerprint density at radius 3 is 2.12 bits per heavy atom. The van der Waals surface area contributed by atoms with E-state index in [1.165, 1.54) is 36.5 Å². The van der Waals surface area contributed by atoms with Crippen LogP contribution in [-0.4, -0.2) is 34.8 Å². The predicted molar refractivity (Wildman–Crippen MR) is 104 cm³/mol. The smallest absolute Gasteiger partial charge is 0.482 e. The van der Waals surface area contributed by atoms with Crippen LogP contribution in [0.5, 0.6) is 5.75 Å². The Morgan fingerprint density at radius 1 is 0.969 bits per heavy atom. The van der Waals surface area contributed by atoms with Gasteiger partial charge in [-0.25, -0.2) is 13.6 Å². The van der Waals surface area contributed by atoms with Crippen molar-refractivity contribution in [2.45, 2.75) is 6.18 Å². The molecule has 32 heavy (non-hydrogen) atoms. The molecule has 0 saturated heterocycles. The third-order valence-corrected chi connectivity index (χ3v) is 3.64. The lowest BCUT2D eigenvalue weighted by atomic mass is 10.1. The monoisotopic (exact) mass is 454 g/mol. The summed E-state index contributed by atoms with van der Waals surface area (Å²) in [5.41, 5.74) is 1.52. The summed E-state index contributed by atoms with van der Waals surface area (Å²) in [5.74, 6) is -3.67. The molecule has 2 N–H and O–H groups in total. The standard InChI is InChI=1S/C19H14F2N2O2.C2HF3O2/c20-14-7-5-13(6-8-14)17-10-9-15(11-22-17)25-12-19(24)23-18-4-2-1-3-16(18)21;3-2(4,5)1(6)7/h1-11H,12H2,(H,23,24);(H,6,7). The Kier molecular flexibility index (Phi) is 8.22. The fourth-order valence-corrected chi connectivity index (χ4v) is 2.15. The lowest BCUT2D eigenvalue weighted by molar-refractivity contribution is -0.192. The maximum Gasteiger partial charge on any atom is 0.490 e. The van der Waals surface area contributed by atoms with Crippen LogP contribution in [0.25, 0.3) is 11.3 Å². The van der Waals surface area contributed by atoms with Crippen LogP contribution in [0.3, 0.4) is 0 Å². The number of para-hydroxylation sites is 1. The minimum Gasteiger partial charge on any atom is -0.482 e. The number of pyridine rings is 1. The Morgan fingerprint density at radius 2 is 1.59 bits per heavy atom. The average molecular weight is 454 g/mol. The van der Waals surface area contributed by atoms with E-state index in [-0.39, 0.29) is 18.1 Å². The second-order valence-electron chi connectivity index (χ2n) is 6.01. The summed E-state index contributed by atoms with van der Waals surface area (Å²) in [7, 11) is 0. The van der Waals surface area contributed by atoms with E-state index < -0.39 is 23.9 Å². The number of aliphatic carboxylic acids is 1. The van der Waals surface area contributed by atoms with E-state index in [1.807, 2.05) is 0 Å². The van der Waals surface area contributed by atoms with E-state index in [0.29, 0.717) is 11.4 Å². The van der Waals surface area contributed by atoms with Gasteiger partial charge in [0.05, 0.1) is 17.6 Å². The summed E-state index contributed by atoms with van der Waals surface area (Å²) in [6.07, 6.45) is -3.62. The van der Waals surface area contributed by atoms with Crippen molar-refractivity contribution in [2.75, 3.05) is 11.9 Å². The summed E-state index contributed by atoms with van der Waals surface area (Å²) in [6.45, 7) is -0.272. The lowest BCUT2D eigenvalue weighted by Gasteiger charge is -2.08. The van der Waals surface area contributed by atoms with Gasteiger partial charge in [0.2, 0.25) is 0 Å². The van der Waals surface area contributed by atoms with Crippen LogP contribution in [0.2, 0.25) is 0 Å². The normalized spacial score (nSPS) is 10.5. The van der Waals surface area contributed by atoms with Gasteiger partial charge in [-0.15, -0.1) is 0 Å². The predicted octanol–water partition coefficient (Wildman–Crippen LogP) is 4.68. The van der Waals surface area contributed by atoms with Gasteiger partial charge in [-0.3, -0.25) is 9.78 Å². The molecule has 1 amide bonds. The van der Waals surface area contributed by atoms with E-state index in [4.69, 9.17) is 14.6 Å². The summed E-state index contributed by atoms with van der Waals surface area (Å²) < 4.78 is 63.4. The van der Waals surface area contributed by atoms with Crippen molar-refractivity contribution in [3.05, 3.63) is 78.5 Å². The Bertz CT molecular complexity index is 1060. The number of anilines is 1. The Labute approximate surface area is 178 Å². The fraction of sp³-hybridized carbons (Fsp3) is 0.0952. The minimum absolute atomic E-state index is 0.0980. The molecule has 0 spiro atoms. The van der Waals surface area contributed by atoms with Crippen LogP contribution in [-0.2, 0) is 9.59 Å². The highest BCUT2D eigenvalue weighted by molar-refractivity contribution is 5.91. The number of alkyl halides is 3. The van der Waals surface area contributed by atoms with Gasteiger partial charge in [0, 0.05) is 5.56 Å². The maximum absolute atomic E-state index is 13.5. The van der Waals surface area contributed by atoms with Gasteiger partial charge in [0.1, 0.15) is 17.4 Å². The van der Waals surface area contributed by atoms with Crippen LogP contribution in [0.15, 0.2) is 66.9 Å². The lowest BCUT2D eigenvalue weighted by Crippen LogP contribution is -2.21. The molecule has 1 aromatic heterocycles. The number of rotatable bonds is 5. The highest BCUT2D eigenvalue weighted by Gasteiger charge is 2.38. The zero-order valence-electron chi connectivity index (χ0n) is 16.1. The second-order valence-corrected chi connectivity index (χ2v) is 6.01. The molecule has 0 saturated carbocycles. The molecule has 0 bridgehead atoms. The molecule has 0 atom stereocenters. The largest absolute Gasteiger partial charge is 0.490 e. The van der Waals surface area contributed by atoms with Crippen molar-refractivity contribution in [2.24, 2.45) is 0 Å². The number of aromatic nitrogens is 1. The quantitative estimate of drug-likeness (QED) is 0.547. The Hall–Kier alpha value is -4.02. The van der Waals surface area contributed by atoms with Crippen LogP contribution in [0.4, 0.5) is 27.6 Å². The maximum atomic E-state index is 13.5. The summed E-state index contributed by atoms with van der Waals surface area (Å²) in [6, 6.07) is 15.2. The van der Waals surface area contributed by atoms with Crippen molar-refractivity contribution in [1.29, 1.82) is 0 Å². The average Bonchev–Trinajstić information content (AvgIpc) is 2.75. The summed E-state index contributed by atoms with van der Waals surface area (Å²) in [5, 5.41) is 9.55. The van der Waals surface area contributed by atoms with Gasteiger partial charge in [-0.1, -0.05) is 12.1 Å². The number of carbonyl (C=O) groups is 2. The highest BCUT2D eigenvalue weighted by Crippen LogP contribution is 2.20. The molecule has 0 fully saturated rings. The summed E-state index contributed by atoms with van der Waals surface area (Å²) in [4.78, 5) is 24.9. The molecule has 0 aliphatic carbocycles. The number of ether oxygens (including phenoxy) is 1. The molecule has 11 heteroatoms. The number of hydrogen-bond acceptors (Lipinski definition) is 4. The van der Waals surface area contributed by atoms with E-state index in [9.17, 15) is 26.7 Å². The van der Waals surface area contributed by atoms with Gasteiger partial charge in [-0.05, 0) is 48.5 Å². The third kappa shape index (κ3) is 7.67. The SMILES string of the molecule is O=C(COc1ccc(-c2ccc(F)cc2)nc1)Nc1ccccc1F.O=C(O)C(F)(F)F. The molecule has 3 aromatic rings.